The molecule has 0 saturated heterocycles. The molecular weight excluding hydrogens is 176 g/mol. The molecule has 5 aliphatic carbocycles. The SMILES string of the molecule is O=C1C2[C@@]34C=CC=C[C@@]23C[C@@H]1CC4=O. The van der Waals surface area contributed by atoms with Crippen molar-refractivity contribution in [2.24, 2.45) is 22.7 Å². The topological polar surface area (TPSA) is 34.1 Å². The van der Waals surface area contributed by atoms with Crippen molar-refractivity contribution < 1.29 is 9.59 Å². The van der Waals surface area contributed by atoms with E-state index in [1.165, 1.54) is 0 Å². The van der Waals surface area contributed by atoms with Crippen molar-refractivity contribution in [2.45, 2.75) is 12.8 Å². The van der Waals surface area contributed by atoms with Gasteiger partial charge in [-0.25, -0.2) is 0 Å². The van der Waals surface area contributed by atoms with Gasteiger partial charge < -0.3 is 0 Å². The molecule has 4 bridgehead atoms. The van der Waals surface area contributed by atoms with Gasteiger partial charge >= 0.3 is 0 Å². The Hall–Kier alpha value is -1.18. The Morgan fingerprint density at radius 3 is 2.79 bits per heavy atom. The van der Waals surface area contributed by atoms with E-state index in [-0.39, 0.29) is 22.7 Å². The number of ketones is 2. The highest BCUT2D eigenvalue weighted by atomic mass is 16.1. The Morgan fingerprint density at radius 2 is 2.00 bits per heavy atom. The van der Waals surface area contributed by atoms with Gasteiger partial charge in [0.1, 0.15) is 11.6 Å². The molecule has 2 nitrogen and oxygen atoms in total. The Labute approximate surface area is 81.7 Å². The van der Waals surface area contributed by atoms with Gasteiger partial charge in [0.2, 0.25) is 0 Å². The standard InChI is InChI=1S/C12H10O2/c13-8-5-7-6-11-3-1-2-4-12(8,11)10(11)9(7)14/h1-4,7,10H,5-6H2/t7-,10?,11+,12-/m0/s1. The molecule has 14 heavy (non-hydrogen) atoms. The first-order chi connectivity index (χ1) is 6.72. The fourth-order valence-electron chi connectivity index (χ4n) is 4.16. The minimum Gasteiger partial charge on any atom is -0.299 e. The molecular formula is C12H10O2. The molecule has 0 aliphatic heterocycles. The minimum atomic E-state index is -0.381. The number of hydrogen-bond acceptors (Lipinski definition) is 2. The van der Waals surface area contributed by atoms with Crippen molar-refractivity contribution in [1.29, 1.82) is 0 Å². The van der Waals surface area contributed by atoms with E-state index in [9.17, 15) is 9.59 Å². The van der Waals surface area contributed by atoms with Gasteiger partial charge in [-0.2, -0.15) is 0 Å². The molecule has 4 saturated carbocycles. The van der Waals surface area contributed by atoms with Crippen LogP contribution in [0.3, 0.4) is 0 Å². The predicted octanol–water partition coefficient (Wildman–Crippen LogP) is 1.28. The van der Waals surface area contributed by atoms with Crippen LogP contribution < -0.4 is 0 Å². The number of Topliss-reactive ketones (excluding diaryl/α,β-unsaturated/α-hetero) is 2. The minimum absolute atomic E-state index is 0.0104. The van der Waals surface area contributed by atoms with E-state index in [4.69, 9.17) is 0 Å². The summed E-state index contributed by atoms with van der Waals surface area (Å²) in [5.41, 5.74) is -0.452. The van der Waals surface area contributed by atoms with E-state index in [0.717, 1.165) is 6.42 Å². The van der Waals surface area contributed by atoms with Crippen molar-refractivity contribution in [3.05, 3.63) is 24.3 Å². The lowest BCUT2D eigenvalue weighted by atomic mass is 9.70. The average molecular weight is 186 g/mol. The number of carbonyl (C=O) groups is 2. The van der Waals surface area contributed by atoms with Crippen molar-refractivity contribution in [2.75, 3.05) is 0 Å². The van der Waals surface area contributed by atoms with Gasteiger partial charge in [0.05, 0.1) is 5.41 Å². The second kappa shape index (κ2) is 1.67. The lowest BCUT2D eigenvalue weighted by Gasteiger charge is -2.31. The zero-order valence-corrected chi connectivity index (χ0v) is 7.69. The van der Waals surface area contributed by atoms with Gasteiger partial charge in [-0.05, 0) is 6.42 Å². The molecule has 2 heteroatoms. The van der Waals surface area contributed by atoms with E-state index in [1.54, 1.807) is 0 Å². The number of fused-ring (bicyclic) bond motifs is 1. The molecule has 0 radical (unpaired) electrons. The molecule has 4 fully saturated rings. The van der Waals surface area contributed by atoms with E-state index in [2.05, 4.69) is 6.08 Å². The van der Waals surface area contributed by atoms with Crippen LogP contribution in [0, 0.1) is 22.7 Å². The second-order valence-electron chi connectivity index (χ2n) is 4.99. The van der Waals surface area contributed by atoms with Crippen molar-refractivity contribution in [1.82, 2.24) is 0 Å². The molecule has 0 N–H and O–H groups in total. The Kier molecular flexibility index (Phi) is 0.852. The number of hydrogen-bond donors (Lipinski definition) is 0. The molecule has 0 aromatic heterocycles. The highest BCUT2D eigenvalue weighted by Crippen LogP contribution is 2.82. The van der Waals surface area contributed by atoms with Crippen LogP contribution in [-0.2, 0) is 9.59 Å². The highest BCUT2D eigenvalue weighted by Gasteiger charge is 2.86. The quantitative estimate of drug-likeness (QED) is 0.571. The zero-order valence-electron chi connectivity index (χ0n) is 7.69. The largest absolute Gasteiger partial charge is 0.299 e. The highest BCUT2D eigenvalue weighted by molar-refractivity contribution is 6.11. The summed E-state index contributed by atoms with van der Waals surface area (Å²) in [6, 6.07) is 0. The van der Waals surface area contributed by atoms with Crippen LogP contribution in [0.1, 0.15) is 12.8 Å². The van der Waals surface area contributed by atoms with Crippen molar-refractivity contribution in [3.63, 3.8) is 0 Å². The summed E-state index contributed by atoms with van der Waals surface area (Å²) in [4.78, 5) is 23.8. The third-order valence-corrected chi connectivity index (χ3v) is 4.69. The summed E-state index contributed by atoms with van der Waals surface area (Å²) >= 11 is 0. The fraction of sp³-hybridized carbons (Fsp3) is 0.500. The molecule has 5 aliphatic rings. The average Bonchev–Trinajstić information content (AvgIpc) is 2.73. The Bertz CT molecular complexity index is 445. The summed E-state index contributed by atoms with van der Waals surface area (Å²) in [6.45, 7) is 0. The maximum atomic E-state index is 11.9. The summed E-state index contributed by atoms with van der Waals surface area (Å²) in [6.07, 6.45) is 9.42. The van der Waals surface area contributed by atoms with Gasteiger partial charge in [0.15, 0.2) is 0 Å². The molecule has 0 amide bonds. The van der Waals surface area contributed by atoms with Crippen LogP contribution in [0.2, 0.25) is 0 Å². The van der Waals surface area contributed by atoms with E-state index < -0.39 is 0 Å². The molecule has 70 valence electrons. The first-order valence-corrected chi connectivity index (χ1v) is 5.16. The van der Waals surface area contributed by atoms with E-state index in [1.807, 2.05) is 18.2 Å². The third kappa shape index (κ3) is 0.420. The summed E-state index contributed by atoms with van der Waals surface area (Å²) in [5, 5.41) is 0. The van der Waals surface area contributed by atoms with Crippen LogP contribution in [-0.4, -0.2) is 11.6 Å². The fourth-order valence-corrected chi connectivity index (χ4v) is 4.16. The van der Waals surface area contributed by atoms with Gasteiger partial charge in [-0.3, -0.25) is 9.59 Å². The molecule has 1 unspecified atom stereocenters. The van der Waals surface area contributed by atoms with Gasteiger partial charge in [-0.1, -0.05) is 24.3 Å². The summed E-state index contributed by atoms with van der Waals surface area (Å²) < 4.78 is 0. The van der Waals surface area contributed by atoms with E-state index in [0.29, 0.717) is 18.0 Å². The molecule has 0 aromatic rings. The third-order valence-electron chi connectivity index (χ3n) is 4.69. The van der Waals surface area contributed by atoms with Gasteiger partial charge in [0, 0.05) is 23.7 Å². The smallest absolute Gasteiger partial charge is 0.145 e. The van der Waals surface area contributed by atoms with Crippen LogP contribution in [0.4, 0.5) is 0 Å². The summed E-state index contributed by atoms with van der Waals surface area (Å²) in [5.74, 6) is 0.710. The number of carbonyl (C=O) groups excluding carboxylic acids is 2. The normalized spacial score (nSPS) is 56.3. The summed E-state index contributed by atoms with van der Waals surface area (Å²) in [7, 11) is 0. The van der Waals surface area contributed by atoms with Crippen LogP contribution in [0.25, 0.3) is 0 Å². The van der Waals surface area contributed by atoms with Gasteiger partial charge in [0.25, 0.3) is 0 Å². The first kappa shape index (κ1) is 7.16. The lowest BCUT2D eigenvalue weighted by Crippen LogP contribution is -2.37. The van der Waals surface area contributed by atoms with E-state index >= 15 is 0 Å². The van der Waals surface area contributed by atoms with Crippen LogP contribution in [0.15, 0.2) is 24.3 Å². The van der Waals surface area contributed by atoms with Crippen molar-refractivity contribution >= 4 is 11.6 Å². The lowest BCUT2D eigenvalue weighted by molar-refractivity contribution is -0.137. The molecule has 0 aromatic carbocycles. The Morgan fingerprint density at radius 1 is 1.21 bits per heavy atom. The van der Waals surface area contributed by atoms with Gasteiger partial charge in [-0.15, -0.1) is 0 Å². The maximum absolute atomic E-state index is 11.9. The predicted molar refractivity (Wildman–Crippen MR) is 49.4 cm³/mol. The van der Waals surface area contributed by atoms with Crippen LogP contribution in [0.5, 0.6) is 0 Å². The molecule has 4 atom stereocenters. The molecule has 5 rings (SSSR count). The molecule has 0 heterocycles. The molecule has 2 spiro atoms. The second-order valence-corrected chi connectivity index (χ2v) is 4.99. The maximum Gasteiger partial charge on any atom is 0.145 e. The monoisotopic (exact) mass is 186 g/mol. The Balaban J connectivity index is 2.02. The van der Waals surface area contributed by atoms with Crippen molar-refractivity contribution in [3.8, 4) is 0 Å². The first-order valence-electron chi connectivity index (χ1n) is 5.16. The zero-order chi connectivity index (χ0) is 9.55. The number of allylic oxidation sites excluding steroid dienone is 4. The van der Waals surface area contributed by atoms with Crippen LogP contribution >= 0.6 is 0 Å². The number of rotatable bonds is 0.